The average molecular weight is 417 g/mol. The molecule has 0 unspecified atom stereocenters. The van der Waals surface area contributed by atoms with Crippen LogP contribution in [0.2, 0.25) is 0 Å². The summed E-state index contributed by atoms with van der Waals surface area (Å²) in [6, 6.07) is 9.23. The van der Waals surface area contributed by atoms with Crippen LogP contribution in [0.5, 0.6) is 5.75 Å². The highest BCUT2D eigenvalue weighted by molar-refractivity contribution is 7.14. The minimum Gasteiger partial charge on any atom is -0.495 e. The number of aromatic nitrogens is 1. The number of anilines is 2. The Morgan fingerprint density at radius 1 is 1.28 bits per heavy atom. The van der Waals surface area contributed by atoms with Gasteiger partial charge in [0.15, 0.2) is 5.13 Å². The zero-order valence-electron chi connectivity index (χ0n) is 15.4. The Bertz CT molecular complexity index is 1060. The fourth-order valence-corrected chi connectivity index (χ4v) is 3.30. The van der Waals surface area contributed by atoms with E-state index < -0.39 is 16.8 Å². The number of amides is 1. The van der Waals surface area contributed by atoms with Gasteiger partial charge in [-0.15, -0.1) is 11.3 Å². The third kappa shape index (κ3) is 4.41. The van der Waals surface area contributed by atoms with Crippen molar-refractivity contribution in [3.05, 3.63) is 63.3 Å². The number of rotatable bonds is 7. The summed E-state index contributed by atoms with van der Waals surface area (Å²) in [4.78, 5) is 39.8. The summed E-state index contributed by atoms with van der Waals surface area (Å²) in [5.74, 6) is -1.46. The number of hydrogen-bond acceptors (Lipinski definition) is 9. The Morgan fingerprint density at radius 2 is 2.03 bits per heavy atom. The molecule has 0 aliphatic carbocycles. The number of ether oxygens (including phenoxy) is 2. The van der Waals surface area contributed by atoms with Gasteiger partial charge in [0.1, 0.15) is 17.3 Å². The summed E-state index contributed by atoms with van der Waals surface area (Å²) < 4.78 is 15.2. The van der Waals surface area contributed by atoms with Gasteiger partial charge in [0, 0.05) is 12.3 Å². The molecule has 150 valence electrons. The lowest BCUT2D eigenvalue weighted by atomic mass is 10.2. The van der Waals surface area contributed by atoms with Gasteiger partial charge in [0.05, 0.1) is 24.6 Å². The van der Waals surface area contributed by atoms with E-state index in [0.29, 0.717) is 22.3 Å². The summed E-state index contributed by atoms with van der Waals surface area (Å²) in [5.41, 5.74) is 0.934. The zero-order valence-corrected chi connectivity index (χ0v) is 16.2. The molecule has 0 aliphatic heterocycles. The van der Waals surface area contributed by atoms with E-state index in [1.54, 1.807) is 29.6 Å². The van der Waals surface area contributed by atoms with E-state index in [1.165, 1.54) is 30.3 Å². The van der Waals surface area contributed by atoms with Crippen LogP contribution < -0.4 is 9.64 Å². The van der Waals surface area contributed by atoms with Crippen molar-refractivity contribution in [3.8, 4) is 5.75 Å². The fourth-order valence-electron chi connectivity index (χ4n) is 2.43. The summed E-state index contributed by atoms with van der Waals surface area (Å²) in [6.07, 6.45) is 0. The van der Waals surface area contributed by atoms with Gasteiger partial charge in [-0.25, -0.2) is 9.78 Å². The monoisotopic (exact) mass is 417 g/mol. The molecule has 1 amide bonds. The van der Waals surface area contributed by atoms with Gasteiger partial charge in [0.2, 0.25) is 11.7 Å². The molecule has 2 heterocycles. The molecule has 11 heteroatoms. The molecule has 3 aromatic rings. The molecule has 10 nitrogen and oxygen atoms in total. The molecule has 0 atom stereocenters. The number of carbonyl (C=O) groups is 2. The number of hydrogen-bond donors (Lipinski definition) is 0. The molecule has 0 saturated carbocycles. The quantitative estimate of drug-likeness (QED) is 0.324. The Labute approximate surface area is 168 Å². The van der Waals surface area contributed by atoms with E-state index >= 15 is 0 Å². The van der Waals surface area contributed by atoms with Crippen molar-refractivity contribution in [1.82, 2.24) is 4.98 Å². The van der Waals surface area contributed by atoms with Crippen LogP contribution in [-0.4, -0.2) is 28.9 Å². The Kier molecular flexibility index (Phi) is 5.88. The lowest BCUT2D eigenvalue weighted by molar-refractivity contribution is -0.402. The van der Waals surface area contributed by atoms with Crippen molar-refractivity contribution in [2.45, 2.75) is 13.5 Å². The van der Waals surface area contributed by atoms with Gasteiger partial charge in [-0.2, -0.15) is 0 Å². The van der Waals surface area contributed by atoms with Crippen LogP contribution in [0.1, 0.15) is 23.2 Å². The van der Waals surface area contributed by atoms with E-state index in [1.807, 2.05) is 0 Å². The number of methoxy groups -OCH3 is 1. The zero-order chi connectivity index (χ0) is 21.0. The van der Waals surface area contributed by atoms with Crippen LogP contribution in [0, 0.1) is 10.1 Å². The second kappa shape index (κ2) is 8.52. The highest BCUT2D eigenvalue weighted by Gasteiger charge is 2.22. The molecule has 0 bridgehead atoms. The molecular weight excluding hydrogens is 402 g/mol. The first-order chi connectivity index (χ1) is 13.9. The molecule has 0 saturated heterocycles. The highest BCUT2D eigenvalue weighted by Crippen LogP contribution is 2.35. The largest absolute Gasteiger partial charge is 0.495 e. The number of nitro groups is 1. The number of furan rings is 1. The standard InChI is InChI=1S/C18H15N3O7S/c1-11(22)20(13-5-3-4-6-14(13)26-2)18-19-12(10-29-18)9-27-17(23)15-7-8-16(28-15)21(24)25/h3-8,10H,9H2,1-2H3. The predicted molar refractivity (Wildman–Crippen MR) is 102 cm³/mol. The van der Waals surface area contributed by atoms with Gasteiger partial charge in [-0.05, 0) is 18.2 Å². The van der Waals surface area contributed by atoms with Crippen LogP contribution in [0.25, 0.3) is 0 Å². The topological polar surface area (TPSA) is 125 Å². The molecule has 2 aromatic heterocycles. The smallest absolute Gasteiger partial charge is 0.433 e. The first-order valence-electron chi connectivity index (χ1n) is 8.20. The lowest BCUT2D eigenvalue weighted by Crippen LogP contribution is -2.23. The van der Waals surface area contributed by atoms with Crippen molar-refractivity contribution >= 4 is 39.9 Å². The van der Waals surface area contributed by atoms with E-state index in [-0.39, 0.29) is 18.3 Å². The van der Waals surface area contributed by atoms with E-state index in [0.717, 1.165) is 12.1 Å². The molecule has 0 aliphatic rings. The molecule has 3 rings (SSSR count). The van der Waals surface area contributed by atoms with Crippen molar-refractivity contribution in [1.29, 1.82) is 0 Å². The maximum atomic E-state index is 12.2. The minimum atomic E-state index is -0.860. The van der Waals surface area contributed by atoms with Crippen molar-refractivity contribution in [3.63, 3.8) is 0 Å². The summed E-state index contributed by atoms with van der Waals surface area (Å²) in [6.45, 7) is 1.21. The van der Waals surface area contributed by atoms with Crippen LogP contribution in [0.3, 0.4) is 0 Å². The van der Waals surface area contributed by atoms with Crippen molar-refractivity contribution in [2.24, 2.45) is 0 Å². The third-order valence-electron chi connectivity index (χ3n) is 3.70. The predicted octanol–water partition coefficient (Wildman–Crippen LogP) is 3.69. The van der Waals surface area contributed by atoms with Crippen LogP contribution in [0.4, 0.5) is 16.7 Å². The minimum absolute atomic E-state index is 0.193. The molecule has 0 spiro atoms. The molecule has 0 fully saturated rings. The van der Waals surface area contributed by atoms with Gasteiger partial charge in [-0.3, -0.25) is 19.8 Å². The number of nitrogens with zero attached hydrogens (tertiary/aromatic N) is 3. The molecule has 0 N–H and O–H groups in total. The molecule has 0 radical (unpaired) electrons. The van der Waals surface area contributed by atoms with Gasteiger partial charge in [-0.1, -0.05) is 12.1 Å². The number of carbonyl (C=O) groups excluding carboxylic acids is 2. The number of para-hydroxylation sites is 2. The average Bonchev–Trinajstić information content (AvgIpc) is 3.36. The number of thiazole rings is 1. The Hall–Kier alpha value is -3.73. The third-order valence-corrected chi connectivity index (χ3v) is 4.57. The second-order valence-electron chi connectivity index (χ2n) is 5.62. The van der Waals surface area contributed by atoms with Gasteiger partial charge < -0.3 is 13.9 Å². The summed E-state index contributed by atoms with van der Waals surface area (Å²) in [7, 11) is 1.50. The van der Waals surface area contributed by atoms with E-state index in [2.05, 4.69) is 4.98 Å². The fraction of sp³-hybridized carbons (Fsp3) is 0.167. The Balaban J connectivity index is 1.74. The van der Waals surface area contributed by atoms with E-state index in [4.69, 9.17) is 13.9 Å². The number of esters is 1. The van der Waals surface area contributed by atoms with Crippen molar-refractivity contribution in [2.75, 3.05) is 12.0 Å². The maximum absolute atomic E-state index is 12.2. The summed E-state index contributed by atoms with van der Waals surface area (Å²) in [5, 5.41) is 12.6. The first-order valence-corrected chi connectivity index (χ1v) is 9.08. The van der Waals surface area contributed by atoms with Gasteiger partial charge >= 0.3 is 11.9 Å². The number of benzene rings is 1. The van der Waals surface area contributed by atoms with Crippen molar-refractivity contribution < 1.29 is 28.4 Å². The van der Waals surface area contributed by atoms with Gasteiger partial charge in [0.25, 0.3) is 0 Å². The highest BCUT2D eigenvalue weighted by atomic mass is 32.1. The van der Waals surface area contributed by atoms with E-state index in [9.17, 15) is 19.7 Å². The normalized spacial score (nSPS) is 10.4. The second-order valence-corrected chi connectivity index (χ2v) is 6.46. The SMILES string of the molecule is COc1ccccc1N(C(C)=O)c1nc(COC(=O)c2ccc([N+](=O)[O-])o2)cs1. The first kappa shape index (κ1) is 20.0. The lowest BCUT2D eigenvalue weighted by Gasteiger charge is -2.20. The summed E-state index contributed by atoms with van der Waals surface area (Å²) >= 11 is 1.19. The van der Waals surface area contributed by atoms with Crippen LogP contribution in [0.15, 0.2) is 46.2 Å². The van der Waals surface area contributed by atoms with Crippen LogP contribution >= 0.6 is 11.3 Å². The molecule has 29 heavy (non-hydrogen) atoms. The maximum Gasteiger partial charge on any atom is 0.433 e. The molecular formula is C18H15N3O7S. The van der Waals surface area contributed by atoms with Crippen LogP contribution in [-0.2, 0) is 16.1 Å². The Morgan fingerprint density at radius 3 is 2.69 bits per heavy atom. The molecule has 1 aromatic carbocycles.